The highest BCUT2D eigenvalue weighted by molar-refractivity contribution is 5.71. The first-order valence-electron chi connectivity index (χ1n) is 29.4. The Labute approximate surface area is 427 Å². The maximum absolute atomic E-state index is 12.9. The van der Waals surface area contributed by atoms with Gasteiger partial charge in [-0.2, -0.15) is 0 Å². The van der Waals surface area contributed by atoms with Crippen LogP contribution in [0.15, 0.2) is 72.9 Å². The third kappa shape index (κ3) is 55.6. The molecule has 0 aliphatic rings. The molecule has 6 heteroatoms. The largest absolute Gasteiger partial charge is 0.462 e. The van der Waals surface area contributed by atoms with Gasteiger partial charge in [0.2, 0.25) is 0 Å². The van der Waals surface area contributed by atoms with Gasteiger partial charge in [-0.15, -0.1) is 0 Å². The van der Waals surface area contributed by atoms with Crippen LogP contribution in [0.2, 0.25) is 0 Å². The first-order chi connectivity index (χ1) is 34.0. The van der Waals surface area contributed by atoms with Crippen LogP contribution in [-0.2, 0) is 28.6 Å². The Kier molecular flexibility index (Phi) is 54.8. The van der Waals surface area contributed by atoms with Crippen molar-refractivity contribution in [3.05, 3.63) is 72.9 Å². The van der Waals surface area contributed by atoms with Gasteiger partial charge in [0.1, 0.15) is 13.2 Å². The molecule has 0 unspecified atom stereocenters. The molecule has 6 nitrogen and oxygen atoms in total. The van der Waals surface area contributed by atoms with E-state index in [0.717, 1.165) is 83.5 Å². The highest BCUT2D eigenvalue weighted by Crippen LogP contribution is 2.16. The molecule has 398 valence electrons. The summed E-state index contributed by atoms with van der Waals surface area (Å²) in [4.78, 5) is 38.2. The van der Waals surface area contributed by atoms with Crippen molar-refractivity contribution in [1.82, 2.24) is 0 Å². The molecule has 69 heavy (non-hydrogen) atoms. The number of ether oxygens (including phenoxy) is 3. The minimum atomic E-state index is -0.804. The highest BCUT2D eigenvalue weighted by atomic mass is 16.6. The van der Waals surface area contributed by atoms with E-state index in [1.54, 1.807) is 0 Å². The molecule has 0 spiro atoms. The van der Waals surface area contributed by atoms with E-state index in [4.69, 9.17) is 14.2 Å². The molecule has 0 aromatic heterocycles. The van der Waals surface area contributed by atoms with E-state index in [1.165, 1.54) is 161 Å². The average molecular weight is 964 g/mol. The van der Waals surface area contributed by atoms with Gasteiger partial charge in [0.25, 0.3) is 0 Å². The van der Waals surface area contributed by atoms with Crippen LogP contribution in [0, 0.1) is 0 Å². The molecule has 1 atom stereocenters. The monoisotopic (exact) mass is 963 g/mol. The number of hydrogen-bond acceptors (Lipinski definition) is 6. The Morgan fingerprint density at radius 2 is 0.536 bits per heavy atom. The number of rotatable bonds is 53. The van der Waals surface area contributed by atoms with E-state index in [0.29, 0.717) is 19.3 Å². The normalized spacial score (nSPS) is 12.6. The number of carbonyl (C=O) groups is 3. The van der Waals surface area contributed by atoms with E-state index >= 15 is 0 Å². The number of carbonyl (C=O) groups excluding carboxylic acids is 3. The van der Waals surface area contributed by atoms with Crippen LogP contribution >= 0.6 is 0 Å². The van der Waals surface area contributed by atoms with E-state index in [2.05, 4.69) is 93.7 Å². The first kappa shape index (κ1) is 65.8. The number of hydrogen-bond donors (Lipinski definition) is 0. The summed E-state index contributed by atoms with van der Waals surface area (Å²) >= 11 is 0. The van der Waals surface area contributed by atoms with Gasteiger partial charge in [0.15, 0.2) is 6.10 Å². The number of allylic oxidation sites excluding steroid dienone is 12. The maximum atomic E-state index is 12.9. The lowest BCUT2D eigenvalue weighted by Crippen LogP contribution is -2.30. The molecule has 0 aliphatic carbocycles. The second kappa shape index (κ2) is 57.4. The molecule has 0 saturated carbocycles. The summed E-state index contributed by atoms with van der Waals surface area (Å²) in [5, 5.41) is 0. The smallest absolute Gasteiger partial charge is 0.306 e. The molecule has 0 aromatic rings. The van der Waals surface area contributed by atoms with Gasteiger partial charge in [-0.25, -0.2) is 0 Å². The second-order valence-electron chi connectivity index (χ2n) is 19.6. The highest BCUT2D eigenvalue weighted by Gasteiger charge is 2.19. The van der Waals surface area contributed by atoms with Crippen LogP contribution < -0.4 is 0 Å². The van der Waals surface area contributed by atoms with E-state index in [-0.39, 0.29) is 37.5 Å². The van der Waals surface area contributed by atoms with Crippen LogP contribution in [0.4, 0.5) is 0 Å². The van der Waals surface area contributed by atoms with Gasteiger partial charge in [0.05, 0.1) is 0 Å². The molecule has 0 bridgehead atoms. The van der Waals surface area contributed by atoms with Crippen molar-refractivity contribution in [2.24, 2.45) is 0 Å². The van der Waals surface area contributed by atoms with E-state index in [1.807, 2.05) is 0 Å². The van der Waals surface area contributed by atoms with E-state index < -0.39 is 6.10 Å². The van der Waals surface area contributed by atoms with Gasteiger partial charge in [0, 0.05) is 19.3 Å². The van der Waals surface area contributed by atoms with Gasteiger partial charge in [-0.3, -0.25) is 14.4 Å². The summed E-state index contributed by atoms with van der Waals surface area (Å²) in [6, 6.07) is 0. The fourth-order valence-electron chi connectivity index (χ4n) is 8.23. The van der Waals surface area contributed by atoms with Crippen LogP contribution in [0.1, 0.15) is 290 Å². The minimum Gasteiger partial charge on any atom is -0.462 e. The van der Waals surface area contributed by atoms with E-state index in [9.17, 15) is 14.4 Å². The Bertz CT molecular complexity index is 1290. The van der Waals surface area contributed by atoms with Crippen molar-refractivity contribution in [3.63, 3.8) is 0 Å². The maximum Gasteiger partial charge on any atom is 0.306 e. The van der Waals surface area contributed by atoms with Gasteiger partial charge in [-0.1, -0.05) is 254 Å². The number of esters is 3. The zero-order valence-electron chi connectivity index (χ0n) is 45.6. The summed E-state index contributed by atoms with van der Waals surface area (Å²) in [6.45, 7) is 6.57. The summed E-state index contributed by atoms with van der Waals surface area (Å²) in [5.41, 5.74) is 0. The summed E-state index contributed by atoms with van der Waals surface area (Å²) in [7, 11) is 0. The van der Waals surface area contributed by atoms with Crippen LogP contribution in [0.25, 0.3) is 0 Å². The molecule has 0 saturated heterocycles. The SMILES string of the molecule is CCCCC/C=C\C/C=C\C/C=C\CCCCCCC(=O)OC[C@H](COC(=O)CCC/C=C\C/C=C\C/C=C\CCCCCCCC)OC(=O)CCCCCCCCCCCCCCCCCCC. The third-order valence-electron chi connectivity index (χ3n) is 12.7. The zero-order valence-corrected chi connectivity index (χ0v) is 45.6. The Morgan fingerprint density at radius 3 is 0.899 bits per heavy atom. The Hall–Kier alpha value is -3.15. The fraction of sp³-hybridized carbons (Fsp3) is 0.762. The molecule has 0 rings (SSSR count). The molecule has 0 amide bonds. The molecule has 0 N–H and O–H groups in total. The molecule has 0 aromatic carbocycles. The van der Waals surface area contributed by atoms with Crippen LogP contribution in [0.3, 0.4) is 0 Å². The van der Waals surface area contributed by atoms with Gasteiger partial charge in [-0.05, 0) is 89.9 Å². The molecule has 0 fully saturated rings. The lowest BCUT2D eigenvalue weighted by molar-refractivity contribution is -0.167. The summed E-state index contributed by atoms with van der Waals surface area (Å²) in [5.74, 6) is -0.963. The van der Waals surface area contributed by atoms with Crippen molar-refractivity contribution in [2.45, 2.75) is 297 Å². The molecule has 0 aliphatic heterocycles. The number of unbranched alkanes of at least 4 members (excludes halogenated alkanes) is 30. The average Bonchev–Trinajstić information content (AvgIpc) is 3.35. The molecule has 0 radical (unpaired) electrons. The quantitative estimate of drug-likeness (QED) is 0.0262. The van der Waals surface area contributed by atoms with Crippen LogP contribution in [0.5, 0.6) is 0 Å². The first-order valence-corrected chi connectivity index (χ1v) is 29.4. The molecule has 0 heterocycles. The molecular weight excluding hydrogens is 853 g/mol. The predicted octanol–water partition coefficient (Wildman–Crippen LogP) is 19.8. The topological polar surface area (TPSA) is 78.9 Å². The molecular formula is C63H110O6. The van der Waals surface area contributed by atoms with Gasteiger partial charge < -0.3 is 14.2 Å². The van der Waals surface area contributed by atoms with Crippen molar-refractivity contribution >= 4 is 17.9 Å². The zero-order chi connectivity index (χ0) is 50.0. The third-order valence-corrected chi connectivity index (χ3v) is 12.7. The second-order valence-corrected chi connectivity index (χ2v) is 19.6. The van der Waals surface area contributed by atoms with Crippen molar-refractivity contribution in [2.75, 3.05) is 13.2 Å². The van der Waals surface area contributed by atoms with Gasteiger partial charge >= 0.3 is 17.9 Å². The van der Waals surface area contributed by atoms with Crippen molar-refractivity contribution in [1.29, 1.82) is 0 Å². The standard InChI is InChI=1S/C63H110O6/c1-4-7-10-13-16-19-22-25-28-31-34-37-40-43-46-49-52-55-61(64)67-58-60(69-63(66)57-54-51-48-45-42-39-36-33-30-27-24-21-18-15-12-9-6-3)59-68-62(65)56-53-50-47-44-41-38-35-32-29-26-23-20-17-14-11-8-5-2/h16,19,25-26,28-29,34-35,37-38,44,47,60H,4-15,17-18,20-24,27,30-33,36,39-43,45-46,48-59H2,1-3H3/b19-16-,28-25-,29-26-,37-34-,38-35-,47-44-/t60-/m1/s1. The van der Waals surface area contributed by atoms with Crippen molar-refractivity contribution < 1.29 is 28.6 Å². The Balaban J connectivity index is 4.47. The predicted molar refractivity (Wildman–Crippen MR) is 298 cm³/mol. The fourth-order valence-corrected chi connectivity index (χ4v) is 8.23. The lowest BCUT2D eigenvalue weighted by Gasteiger charge is -2.18. The summed E-state index contributed by atoms with van der Waals surface area (Å²) < 4.78 is 16.8. The Morgan fingerprint density at radius 1 is 0.290 bits per heavy atom. The lowest BCUT2D eigenvalue weighted by atomic mass is 10.0. The summed E-state index contributed by atoms with van der Waals surface area (Å²) in [6.07, 6.45) is 73.2. The minimum absolute atomic E-state index is 0.101. The van der Waals surface area contributed by atoms with Crippen molar-refractivity contribution in [3.8, 4) is 0 Å². The van der Waals surface area contributed by atoms with Crippen LogP contribution in [-0.4, -0.2) is 37.2 Å².